The largest absolute Gasteiger partial charge is 0.388 e. The third-order valence-electron chi connectivity index (χ3n) is 2.71. The molecule has 2 aromatic rings. The number of hydrogen-bond donors (Lipinski definition) is 1. The second-order valence-electron chi connectivity index (χ2n) is 4.28. The highest BCUT2D eigenvalue weighted by Gasteiger charge is 2.10. The molecule has 3 nitrogen and oxygen atoms in total. The van der Waals surface area contributed by atoms with Crippen LogP contribution in [0.25, 0.3) is 0 Å². The molecule has 0 saturated heterocycles. The smallest absolute Gasteiger partial charge is 0.0957 e. The van der Waals surface area contributed by atoms with Gasteiger partial charge in [0.05, 0.1) is 17.7 Å². The minimum atomic E-state index is -0.493. The first-order valence-corrected chi connectivity index (χ1v) is 6.74. The number of aryl methyl sites for hydroxylation is 1. The van der Waals surface area contributed by atoms with E-state index >= 15 is 0 Å². The van der Waals surface area contributed by atoms with Crippen molar-refractivity contribution in [2.45, 2.75) is 26.1 Å². The fraction of sp³-hybridized carbons (Fsp3) is 0.357. The third-order valence-corrected chi connectivity index (χ3v) is 3.70. The molecule has 1 atom stereocenters. The van der Waals surface area contributed by atoms with Gasteiger partial charge in [-0.3, -0.25) is 0 Å². The molecule has 0 aliphatic carbocycles. The maximum Gasteiger partial charge on any atom is 0.0957 e. The fourth-order valence-electron chi connectivity index (χ4n) is 1.78. The van der Waals surface area contributed by atoms with Gasteiger partial charge in [-0.1, -0.05) is 24.3 Å². The lowest BCUT2D eigenvalue weighted by molar-refractivity contribution is 0.177. The third kappa shape index (κ3) is 3.38. The summed E-state index contributed by atoms with van der Waals surface area (Å²) in [6, 6.07) is 7.85. The second-order valence-corrected chi connectivity index (χ2v) is 5.22. The summed E-state index contributed by atoms with van der Waals surface area (Å²) in [6.07, 6.45) is 0.0782. The lowest BCUT2D eigenvalue weighted by Gasteiger charge is -2.10. The van der Waals surface area contributed by atoms with Crippen LogP contribution in [0.4, 0.5) is 0 Å². The Hall–Kier alpha value is -1.23. The number of hydrogen-bond acceptors (Lipinski definition) is 4. The summed E-state index contributed by atoms with van der Waals surface area (Å²) >= 11 is 1.59. The number of rotatable bonds is 5. The van der Waals surface area contributed by atoms with Crippen LogP contribution in [0.2, 0.25) is 0 Å². The Morgan fingerprint density at radius 2 is 2.06 bits per heavy atom. The molecule has 0 fully saturated rings. The summed E-state index contributed by atoms with van der Waals surface area (Å²) in [5.41, 5.74) is 3.04. The zero-order valence-electron chi connectivity index (χ0n) is 10.6. The molecule has 1 unspecified atom stereocenters. The molecular formula is C14H17NO2S. The van der Waals surface area contributed by atoms with Gasteiger partial charge in [0, 0.05) is 24.6 Å². The molecule has 0 saturated carbocycles. The Morgan fingerprint density at radius 1 is 1.33 bits per heavy atom. The summed E-state index contributed by atoms with van der Waals surface area (Å²) in [6.45, 7) is 2.56. The molecule has 0 aliphatic rings. The molecule has 0 amide bonds. The van der Waals surface area contributed by atoms with Crippen LogP contribution >= 0.6 is 11.3 Å². The van der Waals surface area contributed by atoms with Gasteiger partial charge in [-0.2, -0.15) is 0 Å². The summed E-state index contributed by atoms with van der Waals surface area (Å²) in [7, 11) is 1.67. The van der Waals surface area contributed by atoms with Crippen molar-refractivity contribution >= 4 is 11.3 Å². The minimum absolute atomic E-state index is 0.493. The van der Waals surface area contributed by atoms with Gasteiger partial charge in [-0.05, 0) is 18.1 Å². The number of aliphatic hydroxyl groups is 1. The van der Waals surface area contributed by atoms with E-state index in [4.69, 9.17) is 4.74 Å². The van der Waals surface area contributed by atoms with Crippen LogP contribution in [0.3, 0.4) is 0 Å². The number of thiazole rings is 1. The van der Waals surface area contributed by atoms with Crippen LogP contribution in [-0.2, 0) is 17.8 Å². The molecule has 1 aromatic carbocycles. The molecule has 0 radical (unpaired) electrons. The van der Waals surface area contributed by atoms with Crippen molar-refractivity contribution < 1.29 is 9.84 Å². The van der Waals surface area contributed by atoms with Gasteiger partial charge in [-0.15, -0.1) is 11.3 Å². The van der Waals surface area contributed by atoms with Gasteiger partial charge in [-0.25, -0.2) is 4.98 Å². The van der Waals surface area contributed by atoms with Crippen molar-refractivity contribution in [2.24, 2.45) is 0 Å². The van der Waals surface area contributed by atoms with E-state index in [9.17, 15) is 5.11 Å². The average molecular weight is 263 g/mol. The number of aromatic nitrogens is 1. The summed E-state index contributed by atoms with van der Waals surface area (Å²) in [5, 5.41) is 13.1. The Balaban J connectivity index is 2.02. The number of ether oxygens (including phenoxy) is 1. The highest BCUT2D eigenvalue weighted by molar-refractivity contribution is 7.09. The predicted molar refractivity (Wildman–Crippen MR) is 72.7 cm³/mol. The van der Waals surface area contributed by atoms with Gasteiger partial charge in [0.1, 0.15) is 0 Å². The summed E-state index contributed by atoms with van der Waals surface area (Å²) in [5.74, 6) is 0. The minimum Gasteiger partial charge on any atom is -0.388 e. The lowest BCUT2D eigenvalue weighted by Crippen LogP contribution is -2.02. The van der Waals surface area contributed by atoms with E-state index < -0.39 is 6.10 Å². The van der Waals surface area contributed by atoms with Crippen molar-refractivity contribution in [2.75, 3.05) is 7.11 Å². The van der Waals surface area contributed by atoms with E-state index in [1.54, 1.807) is 18.4 Å². The van der Waals surface area contributed by atoms with E-state index in [0.29, 0.717) is 13.0 Å². The Kier molecular flexibility index (Phi) is 4.47. The zero-order chi connectivity index (χ0) is 13.0. The zero-order valence-corrected chi connectivity index (χ0v) is 11.4. The summed E-state index contributed by atoms with van der Waals surface area (Å²) in [4.78, 5) is 4.36. The number of benzene rings is 1. The average Bonchev–Trinajstić information content (AvgIpc) is 2.76. The van der Waals surface area contributed by atoms with E-state index in [-0.39, 0.29) is 0 Å². The van der Waals surface area contributed by atoms with Crippen molar-refractivity contribution in [3.63, 3.8) is 0 Å². The molecule has 1 heterocycles. The number of aliphatic hydroxyl groups excluding tert-OH is 1. The monoisotopic (exact) mass is 263 g/mol. The Bertz CT molecular complexity index is 493. The molecule has 1 N–H and O–H groups in total. The van der Waals surface area contributed by atoms with E-state index in [0.717, 1.165) is 21.8 Å². The normalized spacial score (nSPS) is 12.6. The van der Waals surface area contributed by atoms with Gasteiger partial charge < -0.3 is 9.84 Å². The Labute approximate surface area is 111 Å². The van der Waals surface area contributed by atoms with E-state index in [1.807, 2.05) is 36.6 Å². The van der Waals surface area contributed by atoms with Crippen molar-refractivity contribution in [3.8, 4) is 0 Å². The van der Waals surface area contributed by atoms with Gasteiger partial charge in [0.15, 0.2) is 0 Å². The van der Waals surface area contributed by atoms with Crippen molar-refractivity contribution in [1.29, 1.82) is 0 Å². The first-order valence-electron chi connectivity index (χ1n) is 5.86. The summed E-state index contributed by atoms with van der Waals surface area (Å²) < 4.78 is 5.06. The van der Waals surface area contributed by atoms with Crippen molar-refractivity contribution in [1.82, 2.24) is 4.98 Å². The topological polar surface area (TPSA) is 42.4 Å². The molecule has 1 aromatic heterocycles. The first-order chi connectivity index (χ1) is 8.69. The molecular weight excluding hydrogens is 246 g/mol. The maximum absolute atomic E-state index is 10.1. The van der Waals surface area contributed by atoms with E-state index in [1.165, 1.54) is 0 Å². The van der Waals surface area contributed by atoms with Crippen molar-refractivity contribution in [3.05, 3.63) is 51.5 Å². The quantitative estimate of drug-likeness (QED) is 0.902. The molecule has 2 rings (SSSR count). The number of methoxy groups -OCH3 is 1. The van der Waals surface area contributed by atoms with Gasteiger partial charge in [0.2, 0.25) is 0 Å². The highest BCUT2D eigenvalue weighted by atomic mass is 32.1. The number of nitrogens with zero attached hydrogens (tertiary/aromatic N) is 1. The van der Waals surface area contributed by atoms with Gasteiger partial charge in [0.25, 0.3) is 0 Å². The van der Waals surface area contributed by atoms with Gasteiger partial charge >= 0.3 is 0 Å². The maximum atomic E-state index is 10.1. The SMILES string of the molecule is COCc1ccc(C(O)Cc2nc(C)cs2)cc1. The van der Waals surface area contributed by atoms with Crippen LogP contribution in [0.15, 0.2) is 29.6 Å². The Morgan fingerprint density at radius 3 is 2.61 bits per heavy atom. The van der Waals surface area contributed by atoms with Crippen LogP contribution in [0, 0.1) is 6.92 Å². The van der Waals surface area contributed by atoms with E-state index in [2.05, 4.69) is 4.98 Å². The van der Waals surface area contributed by atoms with Crippen LogP contribution in [0.5, 0.6) is 0 Å². The molecule has 18 heavy (non-hydrogen) atoms. The first kappa shape index (κ1) is 13.2. The van der Waals surface area contributed by atoms with Crippen LogP contribution < -0.4 is 0 Å². The predicted octanol–water partition coefficient (Wildman–Crippen LogP) is 2.87. The van der Waals surface area contributed by atoms with Crippen LogP contribution in [-0.4, -0.2) is 17.2 Å². The lowest BCUT2D eigenvalue weighted by atomic mass is 10.1. The fourth-order valence-corrected chi connectivity index (χ4v) is 2.59. The molecule has 0 aliphatic heterocycles. The van der Waals surface area contributed by atoms with Crippen LogP contribution in [0.1, 0.15) is 27.9 Å². The highest BCUT2D eigenvalue weighted by Crippen LogP contribution is 2.21. The molecule has 4 heteroatoms. The molecule has 0 spiro atoms. The standard InChI is InChI=1S/C14H17NO2S/c1-10-9-18-14(15-10)7-13(16)12-5-3-11(4-6-12)8-17-2/h3-6,9,13,16H,7-8H2,1-2H3. The second kappa shape index (κ2) is 6.09. The molecule has 0 bridgehead atoms. The molecule has 96 valence electrons.